The third-order valence-electron chi connectivity index (χ3n) is 6.10. The molecule has 1 aliphatic heterocycles. The number of hydrogen-bond donors (Lipinski definition) is 1. The molecule has 164 valence electrons. The predicted molar refractivity (Wildman–Crippen MR) is 120 cm³/mol. The van der Waals surface area contributed by atoms with E-state index >= 15 is 0 Å². The van der Waals surface area contributed by atoms with Gasteiger partial charge in [-0.2, -0.15) is 4.98 Å². The fourth-order valence-electron chi connectivity index (χ4n) is 4.46. The lowest BCUT2D eigenvalue weighted by molar-refractivity contribution is -0.124. The molecule has 3 aromatic rings. The van der Waals surface area contributed by atoms with E-state index in [4.69, 9.17) is 9.26 Å². The Morgan fingerprint density at radius 1 is 1.16 bits per heavy atom. The van der Waals surface area contributed by atoms with E-state index in [9.17, 15) is 9.59 Å². The van der Waals surface area contributed by atoms with Crippen molar-refractivity contribution in [2.75, 3.05) is 12.0 Å². The zero-order valence-electron chi connectivity index (χ0n) is 17.3. The Morgan fingerprint density at radius 2 is 1.97 bits per heavy atom. The van der Waals surface area contributed by atoms with Crippen molar-refractivity contribution in [3.63, 3.8) is 0 Å². The monoisotopic (exact) mass is 496 g/mol. The van der Waals surface area contributed by atoms with Gasteiger partial charge < -0.3 is 14.6 Å². The molecule has 1 N–H and O–H groups in total. The molecule has 3 unspecified atom stereocenters. The highest BCUT2D eigenvalue weighted by Gasteiger charge is 2.45. The minimum absolute atomic E-state index is 0.00899. The van der Waals surface area contributed by atoms with E-state index in [0.717, 1.165) is 16.5 Å². The van der Waals surface area contributed by atoms with Gasteiger partial charge in [-0.1, -0.05) is 33.2 Å². The van der Waals surface area contributed by atoms with Gasteiger partial charge in [0, 0.05) is 22.0 Å². The van der Waals surface area contributed by atoms with Gasteiger partial charge in [-0.25, -0.2) is 9.69 Å². The van der Waals surface area contributed by atoms with Crippen LogP contribution < -0.4 is 15.0 Å². The standard InChI is InChI=1S/C23H21BrN4O4/c1-31-17-8-6-16(7-9-17)28-22(29)18-10-5-14(12-19(18)25-23(28)30)21-26-20(27-32-21)13-3-2-4-15(24)11-13/h2-4,6-9,11,14,18-19H,5,10,12H2,1H3,(H,25,30). The molecule has 2 aliphatic rings. The van der Waals surface area contributed by atoms with Crippen molar-refractivity contribution in [3.05, 3.63) is 58.9 Å². The minimum Gasteiger partial charge on any atom is -0.497 e. The second kappa shape index (κ2) is 8.38. The normalized spacial score (nSPS) is 22.9. The van der Waals surface area contributed by atoms with Crippen molar-refractivity contribution in [1.29, 1.82) is 0 Å². The van der Waals surface area contributed by atoms with E-state index < -0.39 is 6.03 Å². The summed E-state index contributed by atoms with van der Waals surface area (Å²) in [6.07, 6.45) is 1.95. The summed E-state index contributed by atoms with van der Waals surface area (Å²) >= 11 is 3.45. The summed E-state index contributed by atoms with van der Waals surface area (Å²) in [6, 6.07) is 13.9. The van der Waals surface area contributed by atoms with E-state index in [1.165, 1.54) is 4.90 Å². The van der Waals surface area contributed by atoms with Crippen LogP contribution in [0.15, 0.2) is 57.5 Å². The summed E-state index contributed by atoms with van der Waals surface area (Å²) < 4.78 is 11.6. The number of hydrogen-bond acceptors (Lipinski definition) is 6. The van der Waals surface area contributed by atoms with Crippen LogP contribution in [0, 0.1) is 5.92 Å². The molecule has 2 heterocycles. The fourth-order valence-corrected chi connectivity index (χ4v) is 4.86. The average Bonchev–Trinajstić information content (AvgIpc) is 3.30. The third-order valence-corrected chi connectivity index (χ3v) is 6.60. The molecule has 0 bridgehead atoms. The topological polar surface area (TPSA) is 97.6 Å². The number of nitrogens with one attached hydrogen (secondary N) is 1. The maximum atomic E-state index is 13.2. The number of anilines is 1. The Labute approximate surface area is 193 Å². The van der Waals surface area contributed by atoms with E-state index in [1.54, 1.807) is 31.4 Å². The van der Waals surface area contributed by atoms with Crippen molar-refractivity contribution in [2.24, 2.45) is 5.92 Å². The van der Waals surface area contributed by atoms with E-state index in [0.29, 0.717) is 36.0 Å². The third kappa shape index (κ3) is 3.77. The second-order valence-corrected chi connectivity index (χ2v) is 8.93. The number of fused-ring (bicyclic) bond motifs is 1. The number of halogens is 1. The van der Waals surface area contributed by atoms with Gasteiger partial charge in [-0.15, -0.1) is 0 Å². The fraction of sp³-hybridized carbons (Fsp3) is 0.304. The van der Waals surface area contributed by atoms with E-state index in [-0.39, 0.29) is 23.8 Å². The number of ether oxygens (including phenoxy) is 1. The molecular weight excluding hydrogens is 476 g/mol. The lowest BCUT2D eigenvalue weighted by atomic mass is 9.76. The van der Waals surface area contributed by atoms with Gasteiger partial charge in [0.25, 0.3) is 0 Å². The number of nitrogens with zero attached hydrogens (tertiary/aromatic N) is 3. The number of carbonyl (C=O) groups is 2. The van der Waals surface area contributed by atoms with Gasteiger partial charge >= 0.3 is 6.03 Å². The van der Waals surface area contributed by atoms with Crippen LogP contribution in [-0.4, -0.2) is 35.2 Å². The molecule has 0 spiro atoms. The van der Waals surface area contributed by atoms with Crippen LogP contribution in [0.4, 0.5) is 10.5 Å². The van der Waals surface area contributed by atoms with Crippen molar-refractivity contribution in [1.82, 2.24) is 15.5 Å². The van der Waals surface area contributed by atoms with Crippen LogP contribution in [0.25, 0.3) is 11.4 Å². The van der Waals surface area contributed by atoms with Gasteiger partial charge in [0.05, 0.1) is 18.7 Å². The number of rotatable bonds is 4. The molecule has 1 aliphatic carbocycles. The summed E-state index contributed by atoms with van der Waals surface area (Å²) in [4.78, 5) is 31.8. The number of urea groups is 1. The first-order valence-corrected chi connectivity index (χ1v) is 11.2. The molecule has 1 saturated carbocycles. The molecule has 32 heavy (non-hydrogen) atoms. The number of benzene rings is 2. The van der Waals surface area contributed by atoms with Crippen molar-refractivity contribution >= 4 is 33.6 Å². The number of aromatic nitrogens is 2. The highest BCUT2D eigenvalue weighted by molar-refractivity contribution is 9.10. The SMILES string of the molecule is COc1ccc(N2C(=O)NC3CC(c4nc(-c5cccc(Br)c5)no4)CCC3C2=O)cc1. The molecule has 0 radical (unpaired) electrons. The van der Waals surface area contributed by atoms with Crippen molar-refractivity contribution < 1.29 is 18.8 Å². The molecule has 8 nitrogen and oxygen atoms in total. The van der Waals surface area contributed by atoms with E-state index in [2.05, 4.69) is 31.4 Å². The quantitative estimate of drug-likeness (QED) is 0.570. The Morgan fingerprint density at radius 3 is 2.72 bits per heavy atom. The Kier molecular flexibility index (Phi) is 5.42. The van der Waals surface area contributed by atoms with Crippen molar-refractivity contribution in [3.8, 4) is 17.1 Å². The second-order valence-electron chi connectivity index (χ2n) is 8.01. The Bertz CT molecular complexity index is 1160. The molecule has 2 aromatic carbocycles. The van der Waals surface area contributed by atoms with Crippen molar-refractivity contribution in [2.45, 2.75) is 31.2 Å². The summed E-state index contributed by atoms with van der Waals surface area (Å²) in [5.41, 5.74) is 1.39. The van der Waals surface area contributed by atoms with Crippen LogP contribution in [0.1, 0.15) is 31.1 Å². The molecule has 9 heteroatoms. The summed E-state index contributed by atoms with van der Waals surface area (Å²) in [5, 5.41) is 7.13. The summed E-state index contributed by atoms with van der Waals surface area (Å²) in [7, 11) is 1.57. The summed E-state index contributed by atoms with van der Waals surface area (Å²) in [5.74, 6) is 1.26. The summed E-state index contributed by atoms with van der Waals surface area (Å²) in [6.45, 7) is 0. The highest BCUT2D eigenvalue weighted by Crippen LogP contribution is 2.39. The average molecular weight is 497 g/mol. The van der Waals surface area contributed by atoms with Crippen LogP contribution in [-0.2, 0) is 4.79 Å². The lowest BCUT2D eigenvalue weighted by Gasteiger charge is -2.41. The molecular formula is C23H21BrN4O4. The minimum atomic E-state index is -0.414. The number of carbonyl (C=O) groups excluding carboxylic acids is 2. The highest BCUT2D eigenvalue weighted by atomic mass is 79.9. The predicted octanol–water partition coefficient (Wildman–Crippen LogP) is 4.52. The number of methoxy groups -OCH3 is 1. The first kappa shape index (κ1) is 20.7. The first-order valence-electron chi connectivity index (χ1n) is 10.4. The van der Waals surface area contributed by atoms with Crippen LogP contribution in [0.2, 0.25) is 0 Å². The Balaban J connectivity index is 1.31. The molecule has 3 amide bonds. The van der Waals surface area contributed by atoms with Crippen LogP contribution >= 0.6 is 15.9 Å². The van der Waals surface area contributed by atoms with Gasteiger partial charge in [-0.05, 0) is 55.7 Å². The lowest BCUT2D eigenvalue weighted by Crippen LogP contribution is -2.61. The maximum absolute atomic E-state index is 13.2. The van der Waals surface area contributed by atoms with Gasteiger partial charge in [0.2, 0.25) is 17.6 Å². The zero-order chi connectivity index (χ0) is 22.2. The number of imide groups is 1. The van der Waals surface area contributed by atoms with E-state index in [1.807, 2.05) is 24.3 Å². The number of amides is 3. The van der Waals surface area contributed by atoms with Crippen LogP contribution in [0.3, 0.4) is 0 Å². The smallest absolute Gasteiger partial charge is 0.328 e. The molecule has 2 fully saturated rings. The van der Waals surface area contributed by atoms with Gasteiger partial charge in [-0.3, -0.25) is 4.79 Å². The molecule has 3 atom stereocenters. The first-order chi connectivity index (χ1) is 15.5. The van der Waals surface area contributed by atoms with Gasteiger partial charge in [0.1, 0.15) is 5.75 Å². The largest absolute Gasteiger partial charge is 0.497 e. The maximum Gasteiger partial charge on any atom is 0.328 e. The Hall–Kier alpha value is -3.20. The molecule has 1 saturated heterocycles. The molecule has 5 rings (SSSR count). The molecule has 1 aromatic heterocycles. The van der Waals surface area contributed by atoms with Crippen LogP contribution in [0.5, 0.6) is 5.75 Å². The zero-order valence-corrected chi connectivity index (χ0v) is 18.9. The van der Waals surface area contributed by atoms with Gasteiger partial charge in [0.15, 0.2) is 0 Å².